The third-order valence-corrected chi connectivity index (χ3v) is 4.50. The van der Waals surface area contributed by atoms with Gasteiger partial charge in [-0.25, -0.2) is 9.97 Å². The molecule has 1 aromatic heterocycles. The molecule has 0 radical (unpaired) electrons. The van der Waals surface area contributed by atoms with E-state index in [1.54, 1.807) is 18.2 Å². The Morgan fingerprint density at radius 3 is 2.59 bits per heavy atom. The Morgan fingerprint density at radius 2 is 1.95 bits per heavy atom. The molecule has 2 fully saturated rings. The number of piperidine rings is 1. The number of aromatic nitrogens is 2. The first kappa shape index (κ1) is 14.9. The summed E-state index contributed by atoms with van der Waals surface area (Å²) in [6.07, 6.45) is 5.47. The molecule has 1 aromatic rings. The molecule has 6 heteroatoms. The molecule has 0 spiro atoms. The predicted molar refractivity (Wildman–Crippen MR) is 80.8 cm³/mol. The van der Waals surface area contributed by atoms with Gasteiger partial charge in [-0.1, -0.05) is 0 Å². The quantitative estimate of drug-likeness (QED) is 0.907. The van der Waals surface area contributed by atoms with Crippen LogP contribution in [0.25, 0.3) is 0 Å². The van der Waals surface area contributed by atoms with Gasteiger partial charge in [0.15, 0.2) is 0 Å². The molecule has 1 aliphatic heterocycles. The average molecular weight is 302 g/mol. The number of amides is 2. The summed E-state index contributed by atoms with van der Waals surface area (Å²) in [5.41, 5.74) is 1.96. The van der Waals surface area contributed by atoms with Crippen LogP contribution in [0.4, 0.5) is 0 Å². The van der Waals surface area contributed by atoms with Crippen LogP contribution in [-0.4, -0.2) is 39.8 Å². The summed E-state index contributed by atoms with van der Waals surface area (Å²) in [4.78, 5) is 33.8. The van der Waals surface area contributed by atoms with Crippen molar-refractivity contribution in [2.75, 3.05) is 13.1 Å². The molecule has 22 heavy (non-hydrogen) atoms. The molecule has 2 heterocycles. The monoisotopic (exact) mass is 302 g/mol. The van der Waals surface area contributed by atoms with Crippen LogP contribution in [0.1, 0.15) is 49.9 Å². The zero-order chi connectivity index (χ0) is 15.5. The lowest BCUT2D eigenvalue weighted by Gasteiger charge is -2.30. The van der Waals surface area contributed by atoms with Crippen molar-refractivity contribution in [3.63, 3.8) is 0 Å². The fourth-order valence-electron chi connectivity index (χ4n) is 2.89. The Bertz CT molecular complexity index is 563. The SMILES string of the molecule is CC(=O)N1CCC(C(=O)NCc2cc(C3CC3)ncn2)CC1. The van der Waals surface area contributed by atoms with Crippen LogP contribution in [0.5, 0.6) is 0 Å². The van der Waals surface area contributed by atoms with E-state index in [-0.39, 0.29) is 17.7 Å². The summed E-state index contributed by atoms with van der Waals surface area (Å²) in [6, 6.07) is 2.00. The number of hydrogen-bond acceptors (Lipinski definition) is 4. The van der Waals surface area contributed by atoms with Crippen molar-refractivity contribution in [2.45, 2.75) is 45.1 Å². The van der Waals surface area contributed by atoms with Crippen molar-refractivity contribution in [1.82, 2.24) is 20.2 Å². The number of likely N-dealkylation sites (tertiary alicyclic amines) is 1. The first-order valence-electron chi connectivity index (χ1n) is 7.97. The maximum absolute atomic E-state index is 12.2. The van der Waals surface area contributed by atoms with E-state index in [9.17, 15) is 9.59 Å². The fourth-order valence-corrected chi connectivity index (χ4v) is 2.89. The number of nitrogens with one attached hydrogen (secondary N) is 1. The van der Waals surface area contributed by atoms with Gasteiger partial charge in [-0.15, -0.1) is 0 Å². The van der Waals surface area contributed by atoms with E-state index in [1.165, 1.54) is 12.8 Å². The molecular formula is C16H22N4O2. The molecule has 2 aliphatic rings. The third kappa shape index (κ3) is 3.61. The van der Waals surface area contributed by atoms with Gasteiger partial charge in [-0.3, -0.25) is 9.59 Å². The van der Waals surface area contributed by atoms with E-state index in [2.05, 4.69) is 15.3 Å². The van der Waals surface area contributed by atoms with Gasteiger partial charge in [0.1, 0.15) is 6.33 Å². The van der Waals surface area contributed by atoms with E-state index >= 15 is 0 Å². The molecule has 118 valence electrons. The highest BCUT2D eigenvalue weighted by Gasteiger charge is 2.27. The van der Waals surface area contributed by atoms with Crippen LogP contribution in [0.3, 0.4) is 0 Å². The Balaban J connectivity index is 1.48. The molecule has 1 saturated carbocycles. The molecule has 6 nitrogen and oxygen atoms in total. The second kappa shape index (κ2) is 6.42. The molecule has 0 aromatic carbocycles. The first-order chi connectivity index (χ1) is 10.6. The van der Waals surface area contributed by atoms with Crippen molar-refractivity contribution in [2.24, 2.45) is 5.92 Å². The maximum Gasteiger partial charge on any atom is 0.223 e. The summed E-state index contributed by atoms with van der Waals surface area (Å²) < 4.78 is 0. The fraction of sp³-hybridized carbons (Fsp3) is 0.625. The highest BCUT2D eigenvalue weighted by Crippen LogP contribution is 2.38. The number of rotatable bonds is 4. The van der Waals surface area contributed by atoms with E-state index < -0.39 is 0 Å². The standard InChI is InChI=1S/C16H22N4O2/c1-11(21)20-6-4-13(5-7-20)16(22)17-9-14-8-15(12-2-3-12)19-10-18-14/h8,10,12-13H,2-7,9H2,1H3,(H,17,22). The average Bonchev–Trinajstić information content (AvgIpc) is 3.38. The van der Waals surface area contributed by atoms with Crippen molar-refractivity contribution < 1.29 is 9.59 Å². The van der Waals surface area contributed by atoms with Gasteiger partial charge in [-0.2, -0.15) is 0 Å². The van der Waals surface area contributed by atoms with Gasteiger partial charge in [0.2, 0.25) is 11.8 Å². The van der Waals surface area contributed by atoms with Crippen LogP contribution < -0.4 is 5.32 Å². The Morgan fingerprint density at radius 1 is 1.23 bits per heavy atom. The van der Waals surface area contributed by atoms with Gasteiger partial charge in [0.25, 0.3) is 0 Å². The Kier molecular flexibility index (Phi) is 4.36. The number of carbonyl (C=O) groups excluding carboxylic acids is 2. The van der Waals surface area contributed by atoms with Crippen LogP contribution in [0, 0.1) is 5.92 Å². The van der Waals surface area contributed by atoms with Crippen molar-refractivity contribution >= 4 is 11.8 Å². The topological polar surface area (TPSA) is 75.2 Å². The van der Waals surface area contributed by atoms with Crippen molar-refractivity contribution in [3.05, 3.63) is 23.8 Å². The van der Waals surface area contributed by atoms with Gasteiger partial charge >= 0.3 is 0 Å². The largest absolute Gasteiger partial charge is 0.350 e. The minimum absolute atomic E-state index is 0.000315. The first-order valence-corrected chi connectivity index (χ1v) is 7.97. The van der Waals surface area contributed by atoms with Gasteiger partial charge in [-0.05, 0) is 31.7 Å². The molecule has 2 amide bonds. The van der Waals surface area contributed by atoms with Crippen LogP contribution in [-0.2, 0) is 16.1 Å². The van der Waals surface area contributed by atoms with E-state index in [0.717, 1.165) is 24.2 Å². The minimum Gasteiger partial charge on any atom is -0.350 e. The molecular weight excluding hydrogens is 280 g/mol. The lowest BCUT2D eigenvalue weighted by Crippen LogP contribution is -2.42. The number of nitrogens with zero attached hydrogens (tertiary/aromatic N) is 3. The second-order valence-corrected chi connectivity index (χ2v) is 6.21. The summed E-state index contributed by atoms with van der Waals surface area (Å²) in [6.45, 7) is 3.38. The predicted octanol–water partition coefficient (Wildman–Crippen LogP) is 1.23. The molecule has 0 unspecified atom stereocenters. The van der Waals surface area contributed by atoms with E-state index in [4.69, 9.17) is 0 Å². The molecule has 0 atom stereocenters. The van der Waals surface area contributed by atoms with Crippen LogP contribution in [0.15, 0.2) is 12.4 Å². The highest BCUT2D eigenvalue weighted by atomic mass is 16.2. The van der Waals surface area contributed by atoms with Gasteiger partial charge in [0.05, 0.1) is 12.2 Å². The number of hydrogen-bond donors (Lipinski definition) is 1. The molecule has 1 N–H and O–H groups in total. The molecule has 3 rings (SSSR count). The second-order valence-electron chi connectivity index (χ2n) is 6.21. The summed E-state index contributed by atoms with van der Waals surface area (Å²) >= 11 is 0. The maximum atomic E-state index is 12.2. The minimum atomic E-state index is 0.000315. The van der Waals surface area contributed by atoms with Crippen molar-refractivity contribution in [1.29, 1.82) is 0 Å². The van der Waals surface area contributed by atoms with Crippen LogP contribution in [0.2, 0.25) is 0 Å². The zero-order valence-electron chi connectivity index (χ0n) is 12.9. The lowest BCUT2D eigenvalue weighted by atomic mass is 9.96. The normalized spacial score (nSPS) is 19.0. The summed E-state index contributed by atoms with van der Waals surface area (Å²) in [7, 11) is 0. The lowest BCUT2D eigenvalue weighted by molar-refractivity contribution is -0.134. The van der Waals surface area contributed by atoms with E-state index in [1.807, 2.05) is 6.07 Å². The van der Waals surface area contributed by atoms with E-state index in [0.29, 0.717) is 25.6 Å². The zero-order valence-corrected chi connectivity index (χ0v) is 12.9. The summed E-state index contributed by atoms with van der Waals surface area (Å²) in [5, 5.41) is 2.97. The van der Waals surface area contributed by atoms with Crippen molar-refractivity contribution in [3.8, 4) is 0 Å². The molecule has 1 aliphatic carbocycles. The highest BCUT2D eigenvalue weighted by molar-refractivity contribution is 5.79. The summed E-state index contributed by atoms with van der Waals surface area (Å²) in [5.74, 6) is 0.746. The Hall–Kier alpha value is -1.98. The number of carbonyl (C=O) groups is 2. The van der Waals surface area contributed by atoms with Gasteiger partial charge in [0, 0.05) is 37.5 Å². The van der Waals surface area contributed by atoms with Crippen LogP contribution >= 0.6 is 0 Å². The molecule has 1 saturated heterocycles. The third-order valence-electron chi connectivity index (χ3n) is 4.50. The smallest absolute Gasteiger partial charge is 0.223 e. The molecule has 0 bridgehead atoms. The van der Waals surface area contributed by atoms with Gasteiger partial charge < -0.3 is 10.2 Å². The Labute approximate surface area is 130 Å².